The first kappa shape index (κ1) is 10.9. The second kappa shape index (κ2) is 4.49. The molecule has 0 bridgehead atoms. The molecule has 0 amide bonds. The van der Waals surface area contributed by atoms with E-state index in [4.69, 9.17) is 5.11 Å². The van der Waals surface area contributed by atoms with Crippen molar-refractivity contribution in [3.8, 4) is 0 Å². The third kappa shape index (κ3) is 1.99. The summed E-state index contributed by atoms with van der Waals surface area (Å²) in [4.78, 5) is 17.4. The molecule has 0 unspecified atom stereocenters. The number of aliphatic hydroxyl groups excluding tert-OH is 1. The molecule has 1 fully saturated rings. The molecule has 0 aliphatic carbocycles. The lowest BCUT2D eigenvalue weighted by atomic mass is 10.0. The number of esters is 1. The zero-order chi connectivity index (χ0) is 11.5. The molecule has 1 aliphatic rings. The number of anilines is 1. The van der Waals surface area contributed by atoms with Crippen molar-refractivity contribution in [2.24, 2.45) is 5.92 Å². The highest BCUT2D eigenvalue weighted by Gasteiger charge is 2.34. The van der Waals surface area contributed by atoms with Gasteiger partial charge in [-0.3, -0.25) is 4.79 Å². The average molecular weight is 222 g/mol. The molecule has 1 N–H and O–H groups in total. The fourth-order valence-electron chi connectivity index (χ4n) is 1.71. The predicted molar refractivity (Wildman–Crippen MR) is 57.9 cm³/mol. The van der Waals surface area contributed by atoms with E-state index in [2.05, 4.69) is 9.72 Å². The van der Waals surface area contributed by atoms with Crippen molar-refractivity contribution >= 4 is 11.8 Å². The van der Waals surface area contributed by atoms with Crippen molar-refractivity contribution in [2.75, 3.05) is 25.1 Å². The van der Waals surface area contributed by atoms with Crippen LogP contribution in [-0.4, -0.2) is 36.3 Å². The maximum atomic E-state index is 11.2. The van der Waals surface area contributed by atoms with Gasteiger partial charge in [-0.25, -0.2) is 4.98 Å². The monoisotopic (exact) mass is 222 g/mol. The number of rotatable bonds is 3. The number of ether oxygens (including phenoxy) is 1. The van der Waals surface area contributed by atoms with Crippen molar-refractivity contribution in [3.05, 3.63) is 23.9 Å². The second-order valence-corrected chi connectivity index (χ2v) is 3.77. The highest BCUT2D eigenvalue weighted by atomic mass is 16.5. The van der Waals surface area contributed by atoms with E-state index in [1.165, 1.54) is 7.11 Å². The van der Waals surface area contributed by atoms with Gasteiger partial charge in [0.2, 0.25) is 0 Å². The summed E-state index contributed by atoms with van der Waals surface area (Å²) in [5.41, 5.74) is 0.638. The van der Waals surface area contributed by atoms with Gasteiger partial charge in [-0.05, 0) is 12.1 Å². The SMILES string of the molecule is COC(=O)C1CN(c2cccc(CO)n2)C1. The third-order valence-corrected chi connectivity index (χ3v) is 2.69. The van der Waals surface area contributed by atoms with E-state index < -0.39 is 0 Å². The van der Waals surface area contributed by atoms with Gasteiger partial charge < -0.3 is 14.7 Å². The molecule has 0 aromatic carbocycles. The molecule has 0 saturated carbocycles. The maximum absolute atomic E-state index is 11.2. The van der Waals surface area contributed by atoms with Crippen LogP contribution in [0.15, 0.2) is 18.2 Å². The van der Waals surface area contributed by atoms with Crippen LogP contribution in [0.2, 0.25) is 0 Å². The Morgan fingerprint density at radius 3 is 3.00 bits per heavy atom. The van der Waals surface area contributed by atoms with Crippen molar-refractivity contribution in [3.63, 3.8) is 0 Å². The van der Waals surface area contributed by atoms with Gasteiger partial charge in [0.1, 0.15) is 5.82 Å². The molecule has 5 heteroatoms. The van der Waals surface area contributed by atoms with Gasteiger partial charge in [0.15, 0.2) is 0 Å². The van der Waals surface area contributed by atoms with Crippen LogP contribution in [0.25, 0.3) is 0 Å². The Labute approximate surface area is 93.7 Å². The molecule has 2 rings (SSSR count). The van der Waals surface area contributed by atoms with Crippen LogP contribution < -0.4 is 4.90 Å². The molecule has 1 saturated heterocycles. The van der Waals surface area contributed by atoms with Gasteiger partial charge in [0.05, 0.1) is 25.3 Å². The van der Waals surface area contributed by atoms with Crippen molar-refractivity contribution in [1.82, 2.24) is 4.98 Å². The number of aliphatic hydroxyl groups is 1. The highest BCUT2D eigenvalue weighted by molar-refractivity contribution is 5.76. The van der Waals surface area contributed by atoms with Crippen molar-refractivity contribution < 1.29 is 14.6 Å². The summed E-state index contributed by atoms with van der Waals surface area (Å²) in [6, 6.07) is 5.48. The fraction of sp³-hybridized carbons (Fsp3) is 0.455. The minimum Gasteiger partial charge on any atom is -0.469 e. The average Bonchev–Trinajstić information content (AvgIpc) is 2.27. The Kier molecular flexibility index (Phi) is 3.05. The van der Waals surface area contributed by atoms with Crippen molar-refractivity contribution in [1.29, 1.82) is 0 Å². The number of aromatic nitrogens is 1. The summed E-state index contributed by atoms with van der Waals surface area (Å²) in [5.74, 6) is 0.575. The predicted octanol–water partition coefficient (Wildman–Crippen LogP) is 0.183. The number of carbonyl (C=O) groups excluding carboxylic acids is 1. The Bertz CT molecular complexity index is 389. The zero-order valence-corrected chi connectivity index (χ0v) is 9.09. The number of hydrogen-bond acceptors (Lipinski definition) is 5. The van der Waals surface area contributed by atoms with E-state index >= 15 is 0 Å². The van der Waals surface area contributed by atoms with Gasteiger partial charge >= 0.3 is 5.97 Å². The standard InChI is InChI=1S/C11H14N2O3/c1-16-11(15)8-5-13(6-8)10-4-2-3-9(7-14)12-10/h2-4,8,14H,5-7H2,1H3. The number of methoxy groups -OCH3 is 1. The van der Waals surface area contributed by atoms with Gasteiger partial charge in [0.25, 0.3) is 0 Å². The molecule has 0 spiro atoms. The molecule has 0 radical (unpaired) electrons. The third-order valence-electron chi connectivity index (χ3n) is 2.69. The molecule has 1 aliphatic heterocycles. The zero-order valence-electron chi connectivity index (χ0n) is 9.09. The largest absolute Gasteiger partial charge is 0.469 e. The van der Waals surface area contributed by atoms with Gasteiger partial charge in [-0.15, -0.1) is 0 Å². The summed E-state index contributed by atoms with van der Waals surface area (Å²) in [5, 5.41) is 8.96. The van der Waals surface area contributed by atoms with Crippen LogP contribution in [0.5, 0.6) is 0 Å². The van der Waals surface area contributed by atoms with Crippen LogP contribution in [0, 0.1) is 5.92 Å². The maximum Gasteiger partial charge on any atom is 0.312 e. The molecule has 16 heavy (non-hydrogen) atoms. The smallest absolute Gasteiger partial charge is 0.312 e. The van der Waals surface area contributed by atoms with E-state index in [-0.39, 0.29) is 18.5 Å². The first-order valence-electron chi connectivity index (χ1n) is 5.14. The van der Waals surface area contributed by atoms with Crippen LogP contribution >= 0.6 is 0 Å². The van der Waals surface area contributed by atoms with Crippen LogP contribution in [-0.2, 0) is 16.1 Å². The summed E-state index contributed by atoms with van der Waals surface area (Å²) >= 11 is 0. The Morgan fingerprint density at radius 2 is 2.38 bits per heavy atom. The molecule has 0 atom stereocenters. The lowest BCUT2D eigenvalue weighted by molar-refractivity contribution is -0.146. The number of pyridine rings is 1. The van der Waals surface area contributed by atoms with E-state index in [9.17, 15) is 4.79 Å². The van der Waals surface area contributed by atoms with Crippen LogP contribution in [0.4, 0.5) is 5.82 Å². The van der Waals surface area contributed by atoms with Gasteiger partial charge in [-0.2, -0.15) is 0 Å². The quantitative estimate of drug-likeness (QED) is 0.739. The van der Waals surface area contributed by atoms with Crippen LogP contribution in [0.3, 0.4) is 0 Å². The minimum absolute atomic E-state index is 0.0513. The number of hydrogen-bond donors (Lipinski definition) is 1. The molecule has 2 heterocycles. The molecular weight excluding hydrogens is 208 g/mol. The molecule has 5 nitrogen and oxygen atoms in total. The lowest BCUT2D eigenvalue weighted by Crippen LogP contribution is -2.51. The topological polar surface area (TPSA) is 62.7 Å². The van der Waals surface area contributed by atoms with E-state index in [1.807, 2.05) is 17.0 Å². The lowest BCUT2D eigenvalue weighted by Gasteiger charge is -2.38. The van der Waals surface area contributed by atoms with Gasteiger partial charge in [0, 0.05) is 13.1 Å². The second-order valence-electron chi connectivity index (χ2n) is 3.77. The normalized spacial score (nSPS) is 15.8. The van der Waals surface area contributed by atoms with Crippen LogP contribution in [0.1, 0.15) is 5.69 Å². The summed E-state index contributed by atoms with van der Waals surface area (Å²) in [7, 11) is 1.40. The fourth-order valence-corrected chi connectivity index (χ4v) is 1.71. The highest BCUT2D eigenvalue weighted by Crippen LogP contribution is 2.23. The molecule has 1 aromatic heterocycles. The van der Waals surface area contributed by atoms with Gasteiger partial charge in [-0.1, -0.05) is 6.07 Å². The molecule has 86 valence electrons. The first-order valence-corrected chi connectivity index (χ1v) is 5.14. The Morgan fingerprint density at radius 1 is 1.62 bits per heavy atom. The number of carbonyl (C=O) groups is 1. The van der Waals surface area contributed by atoms with E-state index in [0.717, 1.165) is 5.82 Å². The minimum atomic E-state index is -0.172. The summed E-state index contributed by atoms with van der Waals surface area (Å²) in [6.07, 6.45) is 0. The molecular formula is C11H14N2O3. The van der Waals surface area contributed by atoms with E-state index in [0.29, 0.717) is 18.8 Å². The Hall–Kier alpha value is -1.62. The van der Waals surface area contributed by atoms with Crippen molar-refractivity contribution in [2.45, 2.75) is 6.61 Å². The van der Waals surface area contributed by atoms with E-state index in [1.54, 1.807) is 6.07 Å². The Balaban J connectivity index is 1.98. The first-order chi connectivity index (χ1) is 7.74. The molecule has 1 aromatic rings. The summed E-state index contributed by atoms with van der Waals surface area (Å²) in [6.45, 7) is 1.20. The number of nitrogens with zero attached hydrogens (tertiary/aromatic N) is 2. The summed E-state index contributed by atoms with van der Waals surface area (Å²) < 4.78 is 4.66.